The third kappa shape index (κ3) is 6.59. The predicted molar refractivity (Wildman–Crippen MR) is 173 cm³/mol. The van der Waals surface area contributed by atoms with Gasteiger partial charge in [0.05, 0.1) is 13.7 Å². The molecule has 1 saturated heterocycles. The van der Waals surface area contributed by atoms with E-state index in [0.717, 1.165) is 19.3 Å². The number of nitrogens with zero attached hydrogens (tertiary/aromatic N) is 2. The lowest BCUT2D eigenvalue weighted by molar-refractivity contribution is -0.140. The van der Waals surface area contributed by atoms with E-state index in [2.05, 4.69) is 21.9 Å². The molecule has 260 valence electrons. The highest BCUT2D eigenvalue weighted by Crippen LogP contribution is 2.48. The fraction of sp³-hybridized carbons (Fsp3) is 0.588. The van der Waals surface area contributed by atoms with E-state index in [1.165, 1.54) is 30.2 Å². The van der Waals surface area contributed by atoms with Crippen LogP contribution >= 0.6 is 0 Å². The first kappa shape index (κ1) is 34.1. The van der Waals surface area contributed by atoms with E-state index >= 15 is 0 Å². The minimum absolute atomic E-state index is 0.0464. The molecule has 2 aromatic rings. The van der Waals surface area contributed by atoms with Crippen LogP contribution in [0.25, 0.3) is 10.8 Å². The zero-order valence-corrected chi connectivity index (χ0v) is 28.2. The summed E-state index contributed by atoms with van der Waals surface area (Å²) in [6.45, 7) is 3.07. The van der Waals surface area contributed by atoms with Crippen molar-refractivity contribution in [3.63, 3.8) is 0 Å². The number of carbonyl (C=O) groups is 3. The number of halogens is 2. The number of allylic oxidation sites excluding steroid dienone is 1. The molecule has 1 aromatic carbocycles. The maximum absolute atomic E-state index is 14.1. The van der Waals surface area contributed by atoms with Gasteiger partial charge in [0, 0.05) is 30.2 Å². The summed E-state index contributed by atoms with van der Waals surface area (Å²) in [6.07, 6.45) is 6.11. The molecule has 2 saturated carbocycles. The van der Waals surface area contributed by atoms with Crippen molar-refractivity contribution in [2.45, 2.75) is 87.6 Å². The number of hydrogen-bond acceptors (Lipinski definition) is 8. The number of nitrogens with one attached hydrogen (secondary N) is 2. The van der Waals surface area contributed by atoms with Crippen LogP contribution in [0.2, 0.25) is 0 Å². The number of pyridine rings is 1. The first-order valence-corrected chi connectivity index (χ1v) is 18.0. The van der Waals surface area contributed by atoms with Crippen LogP contribution in [0.4, 0.5) is 8.78 Å². The summed E-state index contributed by atoms with van der Waals surface area (Å²) in [6, 6.07) is 4.69. The van der Waals surface area contributed by atoms with E-state index in [1.807, 2.05) is 19.1 Å². The summed E-state index contributed by atoms with van der Waals surface area (Å²) < 4.78 is 65.8. The highest BCUT2D eigenvalue weighted by molar-refractivity contribution is 7.91. The van der Waals surface area contributed by atoms with Crippen LogP contribution in [-0.2, 0) is 24.4 Å². The number of methoxy groups -OCH3 is 1. The summed E-state index contributed by atoms with van der Waals surface area (Å²) in [7, 11) is -2.90. The Morgan fingerprint density at radius 2 is 1.94 bits per heavy atom. The van der Waals surface area contributed by atoms with Gasteiger partial charge >= 0.3 is 0 Å². The van der Waals surface area contributed by atoms with E-state index < -0.39 is 62.7 Å². The second-order valence-corrected chi connectivity index (χ2v) is 16.1. The van der Waals surface area contributed by atoms with E-state index in [-0.39, 0.29) is 62.2 Å². The second-order valence-electron chi connectivity index (χ2n) is 14.1. The number of rotatable bonds is 7. The Balaban J connectivity index is 1.29. The van der Waals surface area contributed by atoms with E-state index in [4.69, 9.17) is 9.47 Å². The Morgan fingerprint density at radius 1 is 1.17 bits per heavy atom. The van der Waals surface area contributed by atoms with Crippen LogP contribution in [0, 0.1) is 23.6 Å². The van der Waals surface area contributed by atoms with Crippen LogP contribution in [0.15, 0.2) is 36.4 Å². The lowest BCUT2D eigenvalue weighted by atomic mass is 9.91. The van der Waals surface area contributed by atoms with Crippen molar-refractivity contribution in [3.8, 4) is 11.8 Å². The van der Waals surface area contributed by atoms with Crippen molar-refractivity contribution in [2.75, 3.05) is 20.3 Å². The Bertz CT molecular complexity index is 1750. The first-order chi connectivity index (χ1) is 22.8. The standard InChI is InChI=1S/C34H42F2N4O7S/c1-20-6-4-5-7-23-17-34(23,32(43)39-48(44,45)33(19-35)10-11-33)38-30(42)27-16-25(18-40(27)29(41)13-21(2)12-20)47-31-26-9-8-24(36)14-22(26)15-28(37-31)46-3/h5,7-9,14-15,20-21,23,25,27H,4,6,10-13,16-19H2,1-3H3,(H,38,42)(H,39,43)/b7-5-/t20-,21-,23-,25-,27+,34-/m1/s1. The SMILES string of the molecule is COc1cc2cc(F)ccc2c(O[C@@H]2C[C@H]3C(=O)N[C@]4(C(=O)NS(=O)(=O)C5(CF)CC5)C[C@H]4/C=C\CC[C@@H](C)C[C@@H](C)CC(=O)N3C2)n1. The van der Waals surface area contributed by atoms with Gasteiger partial charge in [-0.15, -0.1) is 0 Å². The van der Waals surface area contributed by atoms with Crippen molar-refractivity contribution < 1.29 is 41.1 Å². The number of aromatic nitrogens is 1. The summed E-state index contributed by atoms with van der Waals surface area (Å²) >= 11 is 0. The number of sulfonamides is 1. The molecule has 0 unspecified atom stereocenters. The highest BCUT2D eigenvalue weighted by Gasteiger charge is 2.64. The first-order valence-electron chi connectivity index (χ1n) is 16.5. The number of amides is 3. The molecule has 4 aliphatic rings. The maximum Gasteiger partial charge on any atom is 0.259 e. The van der Waals surface area contributed by atoms with Gasteiger partial charge < -0.3 is 19.7 Å². The summed E-state index contributed by atoms with van der Waals surface area (Å²) in [5.74, 6) is -2.00. The molecule has 11 nitrogen and oxygen atoms in total. The lowest BCUT2D eigenvalue weighted by Gasteiger charge is -2.28. The average molecular weight is 689 g/mol. The molecule has 0 bridgehead atoms. The number of carbonyl (C=O) groups excluding carboxylic acids is 3. The summed E-state index contributed by atoms with van der Waals surface area (Å²) in [5, 5.41) is 3.83. The molecule has 14 heteroatoms. The number of hydrogen-bond donors (Lipinski definition) is 2. The smallest absolute Gasteiger partial charge is 0.259 e. The van der Waals surface area contributed by atoms with Gasteiger partial charge in [-0.2, -0.15) is 4.98 Å². The molecule has 6 rings (SSSR count). The van der Waals surface area contributed by atoms with Crippen molar-refractivity contribution in [3.05, 3.63) is 42.2 Å². The Kier molecular flexibility index (Phi) is 9.16. The van der Waals surface area contributed by atoms with Gasteiger partial charge in [-0.05, 0) is 73.9 Å². The monoisotopic (exact) mass is 688 g/mol. The van der Waals surface area contributed by atoms with Crippen LogP contribution in [0.3, 0.4) is 0 Å². The fourth-order valence-corrected chi connectivity index (χ4v) is 8.52. The Hall–Kier alpha value is -3.81. The largest absolute Gasteiger partial charge is 0.481 e. The second kappa shape index (κ2) is 12.9. The topological polar surface area (TPSA) is 144 Å². The zero-order valence-electron chi connectivity index (χ0n) is 27.3. The molecule has 3 amide bonds. The number of alkyl halides is 1. The Labute approximate surface area is 278 Å². The highest BCUT2D eigenvalue weighted by atomic mass is 32.2. The van der Waals surface area contributed by atoms with Crippen molar-refractivity contribution in [1.29, 1.82) is 0 Å². The predicted octanol–water partition coefficient (Wildman–Crippen LogP) is 3.96. The van der Waals surface area contributed by atoms with E-state index in [1.54, 1.807) is 6.07 Å². The minimum Gasteiger partial charge on any atom is -0.481 e. The molecule has 48 heavy (non-hydrogen) atoms. The van der Waals surface area contributed by atoms with E-state index in [0.29, 0.717) is 16.7 Å². The maximum atomic E-state index is 14.1. The van der Waals surface area contributed by atoms with Gasteiger partial charge in [0.15, 0.2) is 0 Å². The lowest BCUT2D eigenvalue weighted by Crippen LogP contribution is -2.57. The molecule has 2 N–H and O–H groups in total. The quantitative estimate of drug-likeness (QED) is 0.417. The molecule has 1 aromatic heterocycles. The van der Waals surface area contributed by atoms with Crippen molar-refractivity contribution >= 4 is 38.5 Å². The number of ether oxygens (including phenoxy) is 2. The third-order valence-electron chi connectivity index (χ3n) is 10.2. The molecular weight excluding hydrogens is 646 g/mol. The van der Waals surface area contributed by atoms with Crippen LogP contribution in [0.5, 0.6) is 11.8 Å². The molecule has 6 atom stereocenters. The summed E-state index contributed by atoms with van der Waals surface area (Å²) in [5.41, 5.74) is -1.57. The van der Waals surface area contributed by atoms with Gasteiger partial charge in [-0.1, -0.05) is 26.0 Å². The molecular formula is C34H42F2N4O7S. The summed E-state index contributed by atoms with van der Waals surface area (Å²) in [4.78, 5) is 47.4. The van der Waals surface area contributed by atoms with Gasteiger partial charge in [0.25, 0.3) is 5.91 Å². The fourth-order valence-electron chi connectivity index (χ4n) is 7.10. The number of fused-ring (bicyclic) bond motifs is 3. The molecule has 3 heterocycles. The zero-order chi connectivity index (χ0) is 34.4. The van der Waals surface area contributed by atoms with Gasteiger partial charge in [0.2, 0.25) is 33.6 Å². The minimum atomic E-state index is -4.33. The van der Waals surface area contributed by atoms with Crippen molar-refractivity contribution in [1.82, 2.24) is 19.9 Å². The normalized spacial score (nSPS) is 31.0. The van der Waals surface area contributed by atoms with Crippen LogP contribution in [-0.4, -0.2) is 78.8 Å². The van der Waals surface area contributed by atoms with Crippen LogP contribution < -0.4 is 19.5 Å². The van der Waals surface area contributed by atoms with Crippen LogP contribution in [0.1, 0.15) is 65.2 Å². The van der Waals surface area contributed by atoms with Gasteiger partial charge in [-0.25, -0.2) is 17.2 Å². The van der Waals surface area contributed by atoms with E-state index in [9.17, 15) is 31.6 Å². The van der Waals surface area contributed by atoms with Gasteiger partial charge in [-0.3, -0.25) is 19.1 Å². The number of benzene rings is 1. The van der Waals surface area contributed by atoms with Crippen molar-refractivity contribution in [2.24, 2.45) is 17.8 Å². The molecule has 0 spiro atoms. The molecule has 3 fully saturated rings. The third-order valence-corrected chi connectivity index (χ3v) is 12.4. The Morgan fingerprint density at radius 3 is 2.65 bits per heavy atom. The molecule has 2 aliphatic heterocycles. The molecule has 2 aliphatic carbocycles. The average Bonchev–Trinajstić information content (AvgIpc) is 3.93. The molecule has 0 radical (unpaired) electrons. The van der Waals surface area contributed by atoms with Gasteiger partial charge in [0.1, 0.15) is 34.9 Å².